The Morgan fingerprint density at radius 2 is 1.85 bits per heavy atom. The molecule has 0 aliphatic rings. The van der Waals surface area contributed by atoms with Gasteiger partial charge < -0.3 is 15.3 Å². The van der Waals surface area contributed by atoms with Crippen LogP contribution in [0.25, 0.3) is 0 Å². The zero-order valence-corrected chi connectivity index (χ0v) is 12.3. The van der Waals surface area contributed by atoms with Gasteiger partial charge >= 0.3 is 0 Å². The van der Waals surface area contributed by atoms with Gasteiger partial charge in [0.05, 0.1) is 6.10 Å². The van der Waals surface area contributed by atoms with Crippen molar-refractivity contribution in [2.45, 2.75) is 70.2 Å². The van der Waals surface area contributed by atoms with Crippen molar-refractivity contribution >= 4 is 0 Å². The summed E-state index contributed by atoms with van der Waals surface area (Å²) >= 11 is 0. The van der Waals surface area contributed by atoms with Gasteiger partial charge in [0, 0.05) is 6.42 Å². The second-order valence-corrected chi connectivity index (χ2v) is 4.75. The molecule has 0 fully saturated rings. The van der Waals surface area contributed by atoms with E-state index in [2.05, 4.69) is 30.3 Å². The molecule has 0 aromatic carbocycles. The van der Waals surface area contributed by atoms with E-state index in [4.69, 9.17) is 0 Å². The van der Waals surface area contributed by atoms with E-state index in [1.54, 1.807) is 0 Å². The van der Waals surface area contributed by atoms with Crippen LogP contribution in [0.4, 0.5) is 0 Å². The maximum absolute atomic E-state index is 9.75. The molecule has 3 heteroatoms. The lowest BCUT2D eigenvalue weighted by molar-refractivity contribution is -0.0415. The molecule has 112 valence electrons. The second kappa shape index (κ2) is 12.8. The van der Waals surface area contributed by atoms with Crippen LogP contribution in [0.1, 0.15) is 51.9 Å². The number of aliphatic hydroxyl groups is 3. The summed E-state index contributed by atoms with van der Waals surface area (Å²) in [5, 5.41) is 29.1. The van der Waals surface area contributed by atoms with Crippen molar-refractivity contribution in [1.29, 1.82) is 0 Å². The summed E-state index contributed by atoms with van der Waals surface area (Å²) in [5.74, 6) is 10.4. The number of hydrogen-bond donors (Lipinski definition) is 3. The predicted molar refractivity (Wildman–Crippen MR) is 81.8 cm³/mol. The molecule has 3 N–H and O–H groups in total. The Morgan fingerprint density at radius 1 is 1.10 bits per heavy atom. The van der Waals surface area contributed by atoms with E-state index in [1.807, 2.05) is 13.0 Å². The molecule has 0 aromatic heterocycles. The van der Waals surface area contributed by atoms with Crippen molar-refractivity contribution < 1.29 is 15.3 Å². The summed E-state index contributed by atoms with van der Waals surface area (Å²) in [6.07, 6.45) is 4.37. The normalized spacial score (nSPS) is 14.2. The first-order valence-electron chi connectivity index (χ1n) is 7.27. The number of aliphatic hydroxyl groups excluding tert-OH is 3. The minimum absolute atomic E-state index is 0.457. The molecule has 3 atom stereocenters. The average molecular weight is 278 g/mol. The number of hydrogen-bond acceptors (Lipinski definition) is 3. The maximum atomic E-state index is 9.75. The van der Waals surface area contributed by atoms with E-state index in [0.29, 0.717) is 6.42 Å². The SMILES string of the molecule is C=CCCCCC[C@H](O)[C@@H](O)[C@@H](O)C#CC#CCCC. The topological polar surface area (TPSA) is 60.7 Å². The van der Waals surface area contributed by atoms with Gasteiger partial charge in [-0.15, -0.1) is 6.58 Å². The van der Waals surface area contributed by atoms with Crippen LogP contribution in [0.3, 0.4) is 0 Å². The molecule has 0 aromatic rings. The van der Waals surface area contributed by atoms with Crippen LogP contribution < -0.4 is 0 Å². The van der Waals surface area contributed by atoms with Gasteiger partial charge in [0.1, 0.15) is 12.2 Å². The highest BCUT2D eigenvalue weighted by atomic mass is 16.4. The maximum Gasteiger partial charge on any atom is 0.144 e. The first-order valence-corrected chi connectivity index (χ1v) is 7.27. The van der Waals surface area contributed by atoms with Gasteiger partial charge in [0.15, 0.2) is 0 Å². The lowest BCUT2D eigenvalue weighted by atomic mass is 10.0. The first-order chi connectivity index (χ1) is 9.63. The van der Waals surface area contributed by atoms with Crippen LogP contribution >= 0.6 is 0 Å². The highest BCUT2D eigenvalue weighted by Crippen LogP contribution is 2.10. The fourth-order valence-electron chi connectivity index (χ4n) is 1.63. The van der Waals surface area contributed by atoms with Crippen LogP contribution in [-0.2, 0) is 0 Å². The molecular weight excluding hydrogens is 252 g/mol. The predicted octanol–water partition coefficient (Wildman–Crippen LogP) is 2.01. The number of allylic oxidation sites excluding steroid dienone is 1. The Hall–Kier alpha value is -1.26. The van der Waals surface area contributed by atoms with E-state index < -0.39 is 18.3 Å². The van der Waals surface area contributed by atoms with Gasteiger partial charge in [-0.2, -0.15) is 0 Å². The minimum Gasteiger partial charge on any atom is -0.390 e. The molecule has 0 aliphatic heterocycles. The molecule has 0 amide bonds. The van der Waals surface area contributed by atoms with Crippen LogP contribution in [-0.4, -0.2) is 33.6 Å². The average Bonchev–Trinajstić information content (AvgIpc) is 2.45. The lowest BCUT2D eigenvalue weighted by Crippen LogP contribution is -2.36. The van der Waals surface area contributed by atoms with E-state index >= 15 is 0 Å². The van der Waals surface area contributed by atoms with E-state index in [9.17, 15) is 15.3 Å². The van der Waals surface area contributed by atoms with E-state index in [1.165, 1.54) is 0 Å². The number of unbranched alkanes of at least 4 members (excludes halogenated alkanes) is 4. The third-order valence-electron chi connectivity index (χ3n) is 2.87. The molecular formula is C17H26O3. The summed E-state index contributed by atoms with van der Waals surface area (Å²) in [6.45, 7) is 5.66. The highest BCUT2D eigenvalue weighted by molar-refractivity contribution is 5.27. The highest BCUT2D eigenvalue weighted by Gasteiger charge is 2.22. The van der Waals surface area contributed by atoms with Gasteiger partial charge in [-0.1, -0.05) is 37.7 Å². The quantitative estimate of drug-likeness (QED) is 0.343. The Bertz CT molecular complexity index is 367. The van der Waals surface area contributed by atoms with Crippen molar-refractivity contribution in [3.05, 3.63) is 12.7 Å². The van der Waals surface area contributed by atoms with Gasteiger partial charge in [0.25, 0.3) is 0 Å². The van der Waals surface area contributed by atoms with Gasteiger partial charge in [-0.25, -0.2) is 0 Å². The van der Waals surface area contributed by atoms with Crippen molar-refractivity contribution in [1.82, 2.24) is 0 Å². The third-order valence-corrected chi connectivity index (χ3v) is 2.87. The van der Waals surface area contributed by atoms with Gasteiger partial charge in [-0.05, 0) is 37.5 Å². The summed E-state index contributed by atoms with van der Waals surface area (Å²) in [5.41, 5.74) is 0. The van der Waals surface area contributed by atoms with E-state index in [0.717, 1.165) is 38.5 Å². The fraction of sp³-hybridized carbons (Fsp3) is 0.647. The monoisotopic (exact) mass is 278 g/mol. The Balaban J connectivity index is 4.00. The summed E-state index contributed by atoms with van der Waals surface area (Å²) in [4.78, 5) is 0. The molecule has 0 unspecified atom stereocenters. The van der Waals surface area contributed by atoms with Crippen LogP contribution in [0.5, 0.6) is 0 Å². The van der Waals surface area contributed by atoms with Crippen molar-refractivity contribution in [2.24, 2.45) is 0 Å². The van der Waals surface area contributed by atoms with Crippen LogP contribution in [0, 0.1) is 23.7 Å². The Morgan fingerprint density at radius 3 is 2.50 bits per heavy atom. The van der Waals surface area contributed by atoms with Crippen molar-refractivity contribution in [2.75, 3.05) is 0 Å². The Labute approximate surface area is 122 Å². The molecule has 0 rings (SSSR count). The van der Waals surface area contributed by atoms with Crippen LogP contribution in [0.2, 0.25) is 0 Å². The second-order valence-electron chi connectivity index (χ2n) is 4.75. The molecule has 0 saturated heterocycles. The standard InChI is InChI=1S/C17H26O3/c1-3-5-7-9-11-13-15(18)17(20)16(19)14-12-10-8-6-4-2/h3,15-20H,1,4-7,9,11,13H2,2H3/t15-,16-,17+/m0/s1. The van der Waals surface area contributed by atoms with Crippen LogP contribution in [0.15, 0.2) is 12.7 Å². The number of rotatable bonds is 9. The molecule has 3 nitrogen and oxygen atoms in total. The zero-order chi connectivity index (χ0) is 15.2. The summed E-state index contributed by atoms with van der Waals surface area (Å²) in [6, 6.07) is 0. The largest absolute Gasteiger partial charge is 0.390 e. The smallest absolute Gasteiger partial charge is 0.144 e. The molecule has 0 heterocycles. The Kier molecular flexibility index (Phi) is 12.0. The summed E-state index contributed by atoms with van der Waals surface area (Å²) in [7, 11) is 0. The van der Waals surface area contributed by atoms with Crippen molar-refractivity contribution in [3.8, 4) is 23.7 Å². The lowest BCUT2D eigenvalue weighted by Gasteiger charge is -2.19. The molecule has 0 aliphatic carbocycles. The minimum atomic E-state index is -1.26. The first kappa shape index (κ1) is 18.7. The van der Waals surface area contributed by atoms with E-state index in [-0.39, 0.29) is 0 Å². The van der Waals surface area contributed by atoms with Gasteiger partial charge in [-0.3, -0.25) is 0 Å². The third kappa shape index (κ3) is 9.64. The molecule has 0 saturated carbocycles. The van der Waals surface area contributed by atoms with Gasteiger partial charge in [0.2, 0.25) is 0 Å². The zero-order valence-electron chi connectivity index (χ0n) is 12.3. The molecule has 0 radical (unpaired) electrons. The van der Waals surface area contributed by atoms with Crippen molar-refractivity contribution in [3.63, 3.8) is 0 Å². The molecule has 20 heavy (non-hydrogen) atoms. The summed E-state index contributed by atoms with van der Waals surface area (Å²) < 4.78 is 0. The molecule has 0 spiro atoms. The molecule has 0 bridgehead atoms. The fourth-order valence-corrected chi connectivity index (χ4v) is 1.63.